The molecule has 2 aromatic rings. The average molecular weight is 422 g/mol. The number of nitrogens with zero attached hydrogens (tertiary/aromatic N) is 1. The summed E-state index contributed by atoms with van der Waals surface area (Å²) in [5.74, 6) is -0.807. The van der Waals surface area contributed by atoms with Crippen LogP contribution < -0.4 is 10.6 Å². The highest BCUT2D eigenvalue weighted by Gasteiger charge is 2.11. The molecule has 0 bridgehead atoms. The van der Waals surface area contributed by atoms with E-state index in [1.54, 1.807) is 6.08 Å². The van der Waals surface area contributed by atoms with Gasteiger partial charge in [-0.05, 0) is 42.1 Å². The molecular formula is C16H12BrN3O4S. The van der Waals surface area contributed by atoms with Crippen molar-refractivity contribution in [3.8, 4) is 5.75 Å². The molecule has 0 heterocycles. The second kappa shape index (κ2) is 8.36. The molecule has 2 rings (SSSR count). The van der Waals surface area contributed by atoms with Crippen LogP contribution in [-0.4, -0.2) is 21.0 Å². The molecule has 0 aliphatic heterocycles. The fourth-order valence-electron chi connectivity index (χ4n) is 1.79. The quantitative estimate of drug-likeness (QED) is 0.229. The van der Waals surface area contributed by atoms with Crippen molar-refractivity contribution in [2.24, 2.45) is 0 Å². The minimum Gasteiger partial charge on any atom is -0.506 e. The van der Waals surface area contributed by atoms with E-state index in [0.717, 1.165) is 16.1 Å². The lowest BCUT2D eigenvalue weighted by atomic mass is 10.2. The van der Waals surface area contributed by atoms with Crippen LogP contribution in [0.2, 0.25) is 0 Å². The van der Waals surface area contributed by atoms with Gasteiger partial charge in [0.1, 0.15) is 5.75 Å². The van der Waals surface area contributed by atoms with Gasteiger partial charge in [-0.15, -0.1) is 0 Å². The first-order valence-corrected chi connectivity index (χ1v) is 8.08. The molecule has 0 fully saturated rings. The van der Waals surface area contributed by atoms with Gasteiger partial charge in [0.05, 0.1) is 16.7 Å². The van der Waals surface area contributed by atoms with Gasteiger partial charge in [0, 0.05) is 16.6 Å². The first kappa shape index (κ1) is 18.6. The Bertz CT molecular complexity index is 853. The minimum atomic E-state index is -0.628. The number of phenolic OH excluding ortho intramolecular Hbond substituents is 1. The number of nitro benzene ring substituents is 1. The van der Waals surface area contributed by atoms with E-state index in [9.17, 15) is 20.0 Å². The molecular weight excluding hydrogens is 410 g/mol. The summed E-state index contributed by atoms with van der Waals surface area (Å²) in [6, 6.07) is 10.9. The Morgan fingerprint density at radius 1 is 1.24 bits per heavy atom. The first-order chi connectivity index (χ1) is 11.8. The minimum absolute atomic E-state index is 0.0467. The normalized spacial score (nSPS) is 10.4. The SMILES string of the molecule is O=C(C=Cc1ccc(Br)cc1)NC(=S)Nc1ccc([N+](=O)[O-])cc1O. The smallest absolute Gasteiger partial charge is 0.273 e. The highest BCUT2D eigenvalue weighted by atomic mass is 79.9. The second-order valence-electron chi connectivity index (χ2n) is 4.79. The Morgan fingerprint density at radius 2 is 1.92 bits per heavy atom. The summed E-state index contributed by atoms with van der Waals surface area (Å²) in [5.41, 5.74) is 0.730. The summed E-state index contributed by atoms with van der Waals surface area (Å²) in [4.78, 5) is 21.8. The highest BCUT2D eigenvalue weighted by molar-refractivity contribution is 9.10. The lowest BCUT2D eigenvalue weighted by Gasteiger charge is -2.09. The van der Waals surface area contributed by atoms with Crippen LogP contribution in [0.1, 0.15) is 5.56 Å². The Balaban J connectivity index is 1.94. The van der Waals surface area contributed by atoms with Gasteiger partial charge in [-0.25, -0.2) is 0 Å². The van der Waals surface area contributed by atoms with Crippen LogP contribution in [0.3, 0.4) is 0 Å². The summed E-state index contributed by atoms with van der Waals surface area (Å²) >= 11 is 8.30. The fraction of sp³-hybridized carbons (Fsp3) is 0. The number of carbonyl (C=O) groups is 1. The molecule has 25 heavy (non-hydrogen) atoms. The predicted octanol–water partition coefficient (Wildman–Crippen LogP) is 3.59. The van der Waals surface area contributed by atoms with Gasteiger partial charge in [0.2, 0.25) is 5.91 Å². The Labute approximate surface area is 156 Å². The topological polar surface area (TPSA) is 104 Å². The van der Waals surface area contributed by atoms with E-state index in [0.29, 0.717) is 0 Å². The van der Waals surface area contributed by atoms with Gasteiger partial charge in [0.25, 0.3) is 5.69 Å². The summed E-state index contributed by atoms with van der Waals surface area (Å²) in [6.45, 7) is 0. The summed E-state index contributed by atoms with van der Waals surface area (Å²) < 4.78 is 0.933. The monoisotopic (exact) mass is 421 g/mol. The van der Waals surface area contributed by atoms with Gasteiger partial charge in [-0.3, -0.25) is 20.2 Å². The lowest BCUT2D eigenvalue weighted by Crippen LogP contribution is -2.32. The van der Waals surface area contributed by atoms with Crippen LogP contribution >= 0.6 is 28.1 Å². The van der Waals surface area contributed by atoms with Crippen molar-refractivity contribution in [1.82, 2.24) is 5.32 Å². The number of thiocarbonyl (C=S) groups is 1. The zero-order valence-electron chi connectivity index (χ0n) is 12.6. The van der Waals surface area contributed by atoms with Crippen LogP contribution in [0, 0.1) is 10.1 Å². The maximum absolute atomic E-state index is 11.8. The second-order valence-corrected chi connectivity index (χ2v) is 6.11. The molecule has 0 aromatic heterocycles. The lowest BCUT2D eigenvalue weighted by molar-refractivity contribution is -0.384. The van der Waals surface area contributed by atoms with E-state index >= 15 is 0 Å². The van der Waals surface area contributed by atoms with Crippen molar-refractivity contribution in [2.75, 3.05) is 5.32 Å². The maximum atomic E-state index is 11.8. The molecule has 0 unspecified atom stereocenters. The predicted molar refractivity (Wildman–Crippen MR) is 102 cm³/mol. The Morgan fingerprint density at radius 3 is 2.52 bits per heavy atom. The van der Waals surface area contributed by atoms with E-state index in [1.165, 1.54) is 18.2 Å². The molecule has 0 aliphatic rings. The molecule has 0 radical (unpaired) electrons. The summed E-state index contributed by atoms with van der Waals surface area (Å²) in [6.07, 6.45) is 2.93. The van der Waals surface area contributed by atoms with Crippen LogP contribution in [0.15, 0.2) is 53.0 Å². The van der Waals surface area contributed by atoms with Crippen molar-refractivity contribution in [1.29, 1.82) is 0 Å². The van der Waals surface area contributed by atoms with Crippen LogP contribution in [0.5, 0.6) is 5.75 Å². The number of rotatable bonds is 4. The molecule has 0 saturated carbocycles. The zero-order chi connectivity index (χ0) is 18.4. The molecule has 1 amide bonds. The highest BCUT2D eigenvalue weighted by Crippen LogP contribution is 2.27. The zero-order valence-corrected chi connectivity index (χ0v) is 15.0. The number of carbonyl (C=O) groups excluding carboxylic acids is 1. The standard InChI is InChI=1S/C16H12BrN3O4S/c17-11-4-1-10(2-5-11)3-8-15(22)19-16(25)18-13-7-6-12(20(23)24)9-14(13)21/h1-9,21H,(H2,18,19,22,25). The number of benzene rings is 2. The van der Waals surface area contributed by atoms with Crippen LogP contribution in [-0.2, 0) is 4.79 Å². The largest absolute Gasteiger partial charge is 0.506 e. The molecule has 0 saturated heterocycles. The number of non-ortho nitro benzene ring substituents is 1. The molecule has 9 heteroatoms. The van der Waals surface area contributed by atoms with Crippen LogP contribution in [0.25, 0.3) is 6.08 Å². The number of anilines is 1. The van der Waals surface area contributed by atoms with E-state index in [2.05, 4.69) is 26.6 Å². The Hall–Kier alpha value is -2.78. The van der Waals surface area contributed by atoms with Crippen molar-refractivity contribution in [2.45, 2.75) is 0 Å². The molecule has 0 atom stereocenters. The Kier molecular flexibility index (Phi) is 6.20. The van der Waals surface area contributed by atoms with Gasteiger partial charge in [-0.1, -0.05) is 28.1 Å². The number of hydrogen-bond donors (Lipinski definition) is 3. The third kappa shape index (κ3) is 5.66. The molecule has 0 aliphatic carbocycles. The van der Waals surface area contributed by atoms with Crippen molar-refractivity contribution < 1.29 is 14.8 Å². The maximum Gasteiger partial charge on any atom is 0.273 e. The van der Waals surface area contributed by atoms with Crippen molar-refractivity contribution in [3.63, 3.8) is 0 Å². The summed E-state index contributed by atoms with van der Waals surface area (Å²) in [7, 11) is 0. The molecule has 0 spiro atoms. The average Bonchev–Trinajstić information content (AvgIpc) is 2.56. The number of halogens is 1. The first-order valence-electron chi connectivity index (χ1n) is 6.88. The number of hydrogen-bond acceptors (Lipinski definition) is 5. The van der Waals surface area contributed by atoms with Gasteiger partial charge in [-0.2, -0.15) is 0 Å². The van der Waals surface area contributed by atoms with Gasteiger partial charge >= 0.3 is 0 Å². The van der Waals surface area contributed by atoms with E-state index in [1.807, 2.05) is 24.3 Å². The number of aromatic hydroxyl groups is 1. The third-order valence-electron chi connectivity index (χ3n) is 2.97. The number of amides is 1. The van der Waals surface area contributed by atoms with E-state index in [-0.39, 0.29) is 22.2 Å². The molecule has 3 N–H and O–H groups in total. The van der Waals surface area contributed by atoms with Gasteiger partial charge in [0.15, 0.2) is 5.11 Å². The van der Waals surface area contributed by atoms with Crippen LogP contribution in [0.4, 0.5) is 11.4 Å². The fourth-order valence-corrected chi connectivity index (χ4v) is 2.27. The van der Waals surface area contributed by atoms with Crippen molar-refractivity contribution in [3.05, 3.63) is 68.7 Å². The number of nitrogens with one attached hydrogen (secondary N) is 2. The van der Waals surface area contributed by atoms with Gasteiger partial charge < -0.3 is 10.4 Å². The number of phenols is 1. The summed E-state index contributed by atoms with van der Waals surface area (Å²) in [5, 5.41) is 25.3. The number of nitro groups is 1. The molecule has 7 nitrogen and oxygen atoms in total. The van der Waals surface area contributed by atoms with Crippen molar-refractivity contribution >= 4 is 56.6 Å². The third-order valence-corrected chi connectivity index (χ3v) is 3.71. The van der Waals surface area contributed by atoms with E-state index < -0.39 is 10.8 Å². The molecule has 128 valence electrons. The molecule has 2 aromatic carbocycles. The van der Waals surface area contributed by atoms with E-state index in [4.69, 9.17) is 12.2 Å².